The van der Waals surface area contributed by atoms with Crippen molar-refractivity contribution in [3.8, 4) is 11.4 Å². The monoisotopic (exact) mass is 760 g/mol. The SMILES string of the molecule is CC[C@@]1(O)C(=O)OCc2c1cc1n(c2=O)Cc2cc3cc(C(=O)O[C@H]4CC[C@@]5(C)C(=CC[C@H]6[C@@H]7CC[C@H]([C@H](C)CCCC(C)C)[C@@]7(C)CC[C@@H]65)C4)ccc3nc2-1. The lowest BCUT2D eigenvalue weighted by molar-refractivity contribution is -0.172. The Bertz CT molecular complexity index is 2200. The average molecular weight is 761 g/mol. The fourth-order valence-corrected chi connectivity index (χ4v) is 13.1. The van der Waals surface area contributed by atoms with Crippen LogP contribution in [-0.4, -0.2) is 32.7 Å². The molecule has 2 aromatic heterocycles. The number of hydrogen-bond acceptors (Lipinski definition) is 7. The van der Waals surface area contributed by atoms with Crippen molar-refractivity contribution in [1.29, 1.82) is 0 Å². The highest BCUT2D eigenvalue weighted by Crippen LogP contribution is 2.67. The van der Waals surface area contributed by atoms with E-state index in [9.17, 15) is 19.5 Å². The van der Waals surface area contributed by atoms with Gasteiger partial charge < -0.3 is 19.1 Å². The van der Waals surface area contributed by atoms with Crippen LogP contribution < -0.4 is 5.56 Å². The molecule has 1 aromatic carbocycles. The van der Waals surface area contributed by atoms with Crippen LogP contribution in [0.5, 0.6) is 0 Å². The van der Waals surface area contributed by atoms with Crippen LogP contribution in [0.1, 0.15) is 146 Å². The molecule has 0 amide bonds. The van der Waals surface area contributed by atoms with E-state index in [4.69, 9.17) is 14.5 Å². The largest absolute Gasteiger partial charge is 0.458 e. The Balaban J connectivity index is 0.889. The minimum absolute atomic E-state index is 0.0933. The third-order valence-corrected chi connectivity index (χ3v) is 16.3. The first-order valence-electron chi connectivity index (χ1n) is 21.8. The van der Waals surface area contributed by atoms with E-state index >= 15 is 0 Å². The molecule has 8 heteroatoms. The van der Waals surface area contributed by atoms with Crippen molar-refractivity contribution in [3.05, 3.63) is 74.6 Å². The van der Waals surface area contributed by atoms with Crippen LogP contribution in [0.4, 0.5) is 0 Å². The molecule has 9 atom stereocenters. The summed E-state index contributed by atoms with van der Waals surface area (Å²) < 4.78 is 13.1. The van der Waals surface area contributed by atoms with Crippen molar-refractivity contribution in [2.75, 3.05) is 0 Å². The molecule has 0 saturated heterocycles. The average Bonchev–Trinajstić information content (AvgIpc) is 3.72. The molecule has 3 saturated carbocycles. The second kappa shape index (κ2) is 13.7. The summed E-state index contributed by atoms with van der Waals surface area (Å²) in [5.74, 6) is 3.76. The number of aliphatic hydroxyl groups is 1. The molecule has 3 aromatic rings. The number of allylic oxidation sites excluding steroid dienone is 1. The maximum absolute atomic E-state index is 13.7. The Kier molecular flexibility index (Phi) is 9.22. The lowest BCUT2D eigenvalue weighted by atomic mass is 9.47. The van der Waals surface area contributed by atoms with Crippen LogP contribution in [0.3, 0.4) is 0 Å². The third-order valence-electron chi connectivity index (χ3n) is 16.3. The zero-order valence-corrected chi connectivity index (χ0v) is 34.3. The highest BCUT2D eigenvalue weighted by atomic mass is 16.6. The molecule has 8 nitrogen and oxygen atoms in total. The van der Waals surface area contributed by atoms with E-state index in [2.05, 4.69) is 40.7 Å². The van der Waals surface area contributed by atoms with E-state index in [1.165, 1.54) is 56.9 Å². The van der Waals surface area contributed by atoms with Crippen LogP contribution in [0.25, 0.3) is 22.3 Å². The molecular weight excluding hydrogens is 701 g/mol. The van der Waals surface area contributed by atoms with Gasteiger partial charge in [0.1, 0.15) is 12.7 Å². The number of hydrogen-bond donors (Lipinski definition) is 1. The zero-order chi connectivity index (χ0) is 39.3. The van der Waals surface area contributed by atoms with Gasteiger partial charge in [-0.05, 0) is 128 Å². The van der Waals surface area contributed by atoms with Gasteiger partial charge in [0.25, 0.3) is 5.56 Å². The molecule has 56 heavy (non-hydrogen) atoms. The number of pyridine rings is 2. The van der Waals surface area contributed by atoms with Gasteiger partial charge in [-0.15, -0.1) is 0 Å². The van der Waals surface area contributed by atoms with Crippen molar-refractivity contribution in [3.63, 3.8) is 0 Å². The Morgan fingerprint density at radius 1 is 1.04 bits per heavy atom. The first-order chi connectivity index (χ1) is 26.7. The molecule has 298 valence electrons. The van der Waals surface area contributed by atoms with Crippen molar-refractivity contribution >= 4 is 22.8 Å². The molecule has 9 rings (SSSR count). The highest BCUT2D eigenvalue weighted by molar-refractivity contribution is 5.95. The maximum atomic E-state index is 13.7. The van der Waals surface area contributed by atoms with Crippen LogP contribution in [-0.2, 0) is 33.0 Å². The molecule has 6 aliphatic rings. The lowest BCUT2D eigenvalue weighted by Gasteiger charge is -2.58. The molecule has 0 bridgehead atoms. The quantitative estimate of drug-likeness (QED) is 0.141. The Hall–Kier alpha value is -3.78. The van der Waals surface area contributed by atoms with Gasteiger partial charge in [0, 0.05) is 22.9 Å². The minimum Gasteiger partial charge on any atom is -0.458 e. The molecule has 4 heterocycles. The van der Waals surface area contributed by atoms with Gasteiger partial charge in [-0.1, -0.05) is 72.5 Å². The van der Waals surface area contributed by atoms with Gasteiger partial charge in [-0.3, -0.25) is 4.79 Å². The molecule has 0 unspecified atom stereocenters. The summed E-state index contributed by atoms with van der Waals surface area (Å²) in [6, 6.07) is 9.17. The Labute approximate surface area is 331 Å². The van der Waals surface area contributed by atoms with Crippen LogP contribution in [0.15, 0.2) is 46.8 Å². The molecule has 1 N–H and O–H groups in total. The fraction of sp³-hybridized carbons (Fsp3) is 0.625. The molecular formula is C48H60N2O6. The van der Waals surface area contributed by atoms with E-state index in [0.717, 1.165) is 65.7 Å². The molecule has 4 aliphatic carbocycles. The highest BCUT2D eigenvalue weighted by Gasteiger charge is 2.59. The Morgan fingerprint density at radius 3 is 2.64 bits per heavy atom. The van der Waals surface area contributed by atoms with Crippen molar-refractivity contribution in [2.24, 2.45) is 46.3 Å². The molecule has 3 fully saturated rings. The topological polar surface area (TPSA) is 108 Å². The fourth-order valence-electron chi connectivity index (χ4n) is 13.1. The summed E-state index contributed by atoms with van der Waals surface area (Å²) in [6.07, 6.45) is 16.1. The summed E-state index contributed by atoms with van der Waals surface area (Å²) in [5.41, 5.74) is 3.87. The molecule has 0 spiro atoms. The van der Waals surface area contributed by atoms with Gasteiger partial charge in [0.15, 0.2) is 5.60 Å². The number of fused-ring (bicyclic) bond motifs is 10. The second-order valence-electron chi connectivity index (χ2n) is 19.6. The van der Waals surface area contributed by atoms with E-state index in [1.807, 2.05) is 18.2 Å². The molecule has 2 aliphatic heterocycles. The van der Waals surface area contributed by atoms with Crippen molar-refractivity contribution < 1.29 is 24.2 Å². The van der Waals surface area contributed by atoms with Gasteiger partial charge in [0.05, 0.1) is 34.6 Å². The number of ether oxygens (including phenoxy) is 2. The van der Waals surface area contributed by atoms with Gasteiger partial charge in [-0.25, -0.2) is 14.6 Å². The number of carbonyl (C=O) groups excluding carboxylic acids is 2. The normalized spacial score (nSPS) is 33.4. The number of benzene rings is 1. The zero-order valence-electron chi connectivity index (χ0n) is 34.3. The number of cyclic esters (lactones) is 1. The number of aromatic nitrogens is 2. The van der Waals surface area contributed by atoms with Crippen LogP contribution >= 0.6 is 0 Å². The summed E-state index contributed by atoms with van der Waals surface area (Å²) >= 11 is 0. The summed E-state index contributed by atoms with van der Waals surface area (Å²) in [5, 5.41) is 12.0. The number of nitrogens with zero attached hydrogens (tertiary/aromatic N) is 2. The lowest BCUT2D eigenvalue weighted by Crippen LogP contribution is -2.51. The summed E-state index contributed by atoms with van der Waals surface area (Å²) in [7, 11) is 0. The van der Waals surface area contributed by atoms with Crippen molar-refractivity contribution in [1.82, 2.24) is 9.55 Å². The predicted molar refractivity (Wildman–Crippen MR) is 217 cm³/mol. The maximum Gasteiger partial charge on any atom is 0.343 e. The smallest absolute Gasteiger partial charge is 0.343 e. The predicted octanol–water partition coefficient (Wildman–Crippen LogP) is 9.65. The van der Waals surface area contributed by atoms with E-state index in [0.29, 0.717) is 45.6 Å². The first kappa shape index (κ1) is 37.8. The standard InChI is InChI=1S/C48H60N2O6/c1-7-48(54)39-24-41-42-31(25-50(41)43(51)35(39)26-55-45(48)53)22-30-21-29(11-16-40(30)49-42)44(52)56-33-17-19-46(5)32(23-33)12-13-34-37-15-14-36(28(4)10-8-9-27(2)3)47(37,6)20-18-38(34)46/h11-12,16,21-22,24,27-28,33-34,36-38,54H,7-10,13-15,17-20,23,25-26H2,1-6H3/t28-,33+,34+,36-,37+,38+,46+,47-,48+/m1/s1. The second-order valence-corrected chi connectivity index (χ2v) is 19.6. The Morgan fingerprint density at radius 2 is 1.86 bits per heavy atom. The van der Waals surface area contributed by atoms with Gasteiger partial charge in [0.2, 0.25) is 0 Å². The van der Waals surface area contributed by atoms with E-state index in [-0.39, 0.29) is 36.1 Å². The van der Waals surface area contributed by atoms with E-state index in [1.54, 1.807) is 23.6 Å². The van der Waals surface area contributed by atoms with Crippen LogP contribution in [0.2, 0.25) is 0 Å². The van der Waals surface area contributed by atoms with Crippen molar-refractivity contribution in [2.45, 2.75) is 143 Å². The minimum atomic E-state index is -1.87. The molecule has 0 radical (unpaired) electrons. The van der Waals surface area contributed by atoms with Crippen LogP contribution in [0, 0.1) is 46.3 Å². The van der Waals surface area contributed by atoms with Gasteiger partial charge in [-0.2, -0.15) is 0 Å². The number of esters is 2. The van der Waals surface area contributed by atoms with E-state index < -0.39 is 11.6 Å². The summed E-state index contributed by atoms with van der Waals surface area (Å²) in [4.78, 5) is 44.8. The first-order valence-corrected chi connectivity index (χ1v) is 21.8. The third kappa shape index (κ3) is 5.77. The van der Waals surface area contributed by atoms with Gasteiger partial charge >= 0.3 is 11.9 Å². The number of rotatable bonds is 8. The summed E-state index contributed by atoms with van der Waals surface area (Å²) in [6.45, 7) is 14.3. The number of carbonyl (C=O) groups is 2.